The maximum Gasteiger partial charge on any atom is 0.387 e. The zero-order valence-corrected chi connectivity index (χ0v) is 8.90. The molecule has 0 unspecified atom stereocenters. The molecule has 0 amide bonds. The molecule has 0 aromatic heterocycles. The highest BCUT2D eigenvalue weighted by molar-refractivity contribution is 5.89. The third-order valence-electron chi connectivity index (χ3n) is 2.44. The van der Waals surface area contributed by atoms with E-state index in [2.05, 4.69) is 4.74 Å². The molecule has 0 saturated carbocycles. The molecular formula is C13H10F2O2. The van der Waals surface area contributed by atoms with Crippen LogP contribution in [0.2, 0.25) is 0 Å². The lowest BCUT2D eigenvalue weighted by atomic mass is 10.0. The predicted molar refractivity (Wildman–Crippen MR) is 60.3 cm³/mol. The molecule has 0 aliphatic carbocycles. The summed E-state index contributed by atoms with van der Waals surface area (Å²) in [7, 11) is 0. The van der Waals surface area contributed by atoms with Gasteiger partial charge in [-0.1, -0.05) is 30.3 Å². The molecule has 88 valence electrons. The number of fused-ring (bicyclic) bond motifs is 1. The Morgan fingerprint density at radius 1 is 1.24 bits per heavy atom. The van der Waals surface area contributed by atoms with Crippen LogP contribution < -0.4 is 4.74 Å². The summed E-state index contributed by atoms with van der Waals surface area (Å²) in [6.07, 6.45) is 1.12. The first-order valence-electron chi connectivity index (χ1n) is 5.11. The Bertz CT molecular complexity index is 538. The lowest BCUT2D eigenvalue weighted by Crippen LogP contribution is -2.02. The van der Waals surface area contributed by atoms with Crippen LogP contribution in [0.25, 0.3) is 10.8 Å². The number of hydrogen-bond donors (Lipinski definition) is 0. The van der Waals surface area contributed by atoms with E-state index in [1.54, 1.807) is 30.3 Å². The summed E-state index contributed by atoms with van der Waals surface area (Å²) >= 11 is 0. The second-order valence-electron chi connectivity index (χ2n) is 3.56. The molecule has 0 radical (unpaired) electrons. The molecule has 0 fully saturated rings. The number of ether oxygens (including phenoxy) is 1. The van der Waals surface area contributed by atoms with Gasteiger partial charge in [-0.25, -0.2) is 0 Å². The average molecular weight is 236 g/mol. The Morgan fingerprint density at radius 2 is 2.06 bits per heavy atom. The smallest absolute Gasteiger partial charge is 0.387 e. The van der Waals surface area contributed by atoms with Crippen molar-refractivity contribution in [3.63, 3.8) is 0 Å². The quantitative estimate of drug-likeness (QED) is 0.762. The van der Waals surface area contributed by atoms with Gasteiger partial charge in [0.1, 0.15) is 12.0 Å². The summed E-state index contributed by atoms with van der Waals surface area (Å²) in [5.41, 5.74) is 0.849. The Labute approximate surface area is 96.8 Å². The Balaban J connectivity index is 2.47. The van der Waals surface area contributed by atoms with Gasteiger partial charge in [-0.2, -0.15) is 8.78 Å². The fraction of sp³-hybridized carbons (Fsp3) is 0.154. The van der Waals surface area contributed by atoms with Crippen molar-refractivity contribution >= 4 is 17.1 Å². The van der Waals surface area contributed by atoms with E-state index in [-0.39, 0.29) is 5.75 Å². The molecule has 17 heavy (non-hydrogen) atoms. The minimum absolute atomic E-state index is 0.148. The summed E-state index contributed by atoms with van der Waals surface area (Å²) in [4.78, 5) is 10.4. The molecule has 0 spiro atoms. The normalized spacial score (nSPS) is 10.8. The molecule has 0 aliphatic rings. The first-order chi connectivity index (χ1) is 8.20. The average Bonchev–Trinajstić information content (AvgIpc) is 2.29. The Hall–Kier alpha value is -1.97. The number of carbonyl (C=O) groups is 1. The summed E-state index contributed by atoms with van der Waals surface area (Å²) in [5, 5.41) is 1.39. The van der Waals surface area contributed by atoms with E-state index in [1.165, 1.54) is 6.07 Å². The van der Waals surface area contributed by atoms with Gasteiger partial charge in [0.2, 0.25) is 0 Å². The van der Waals surface area contributed by atoms with Crippen molar-refractivity contribution in [2.24, 2.45) is 0 Å². The lowest BCUT2D eigenvalue weighted by molar-refractivity contribution is -0.107. The number of rotatable bonds is 4. The molecular weight excluding hydrogens is 226 g/mol. The monoisotopic (exact) mass is 236 g/mol. The summed E-state index contributed by atoms with van der Waals surface area (Å²) in [5.74, 6) is 0.148. The molecule has 2 aromatic carbocycles. The summed E-state index contributed by atoms with van der Waals surface area (Å²) in [6, 6.07) is 10.1. The number of aldehydes is 1. The van der Waals surface area contributed by atoms with E-state index in [0.717, 1.165) is 17.2 Å². The van der Waals surface area contributed by atoms with Crippen molar-refractivity contribution in [2.45, 2.75) is 13.0 Å². The van der Waals surface area contributed by atoms with Crippen LogP contribution in [0.15, 0.2) is 36.4 Å². The topological polar surface area (TPSA) is 26.3 Å². The van der Waals surface area contributed by atoms with Crippen LogP contribution in [0.4, 0.5) is 8.78 Å². The first kappa shape index (κ1) is 11.5. The Morgan fingerprint density at radius 3 is 2.76 bits per heavy atom. The van der Waals surface area contributed by atoms with Crippen molar-refractivity contribution in [1.82, 2.24) is 0 Å². The first-order valence-corrected chi connectivity index (χ1v) is 5.11. The zero-order chi connectivity index (χ0) is 12.3. The highest BCUT2D eigenvalue weighted by atomic mass is 19.3. The molecule has 0 heterocycles. The predicted octanol–water partition coefficient (Wildman–Crippen LogP) is 3.18. The van der Waals surface area contributed by atoms with Crippen molar-refractivity contribution < 1.29 is 18.3 Å². The third-order valence-corrected chi connectivity index (χ3v) is 2.44. The van der Waals surface area contributed by atoms with E-state index in [0.29, 0.717) is 11.8 Å². The van der Waals surface area contributed by atoms with Gasteiger partial charge in [0, 0.05) is 11.8 Å². The molecule has 2 aromatic rings. The highest BCUT2D eigenvalue weighted by Gasteiger charge is 2.08. The third kappa shape index (κ3) is 2.58. The van der Waals surface area contributed by atoms with Crippen molar-refractivity contribution in [2.75, 3.05) is 0 Å². The fourth-order valence-electron chi connectivity index (χ4n) is 1.73. The molecule has 0 N–H and O–H groups in total. The maximum absolute atomic E-state index is 12.2. The SMILES string of the molecule is O=CCc1ccc2c(OC(F)F)cccc2c1. The number of carbonyl (C=O) groups excluding carboxylic acids is 1. The van der Waals surface area contributed by atoms with Crippen LogP contribution in [-0.2, 0) is 11.2 Å². The van der Waals surface area contributed by atoms with E-state index in [1.807, 2.05) is 0 Å². The van der Waals surface area contributed by atoms with Gasteiger partial charge in [0.15, 0.2) is 0 Å². The molecule has 2 rings (SSSR count). The fourth-order valence-corrected chi connectivity index (χ4v) is 1.73. The lowest BCUT2D eigenvalue weighted by Gasteiger charge is -2.08. The molecule has 4 heteroatoms. The van der Waals surface area contributed by atoms with Crippen LogP contribution in [0, 0.1) is 0 Å². The number of alkyl halides is 2. The second-order valence-corrected chi connectivity index (χ2v) is 3.56. The maximum atomic E-state index is 12.2. The number of benzene rings is 2. The molecule has 0 aliphatic heterocycles. The zero-order valence-electron chi connectivity index (χ0n) is 8.90. The summed E-state index contributed by atoms with van der Waals surface area (Å²) in [6.45, 7) is -2.84. The van der Waals surface area contributed by atoms with Gasteiger partial charge >= 0.3 is 6.61 Å². The molecule has 0 atom stereocenters. The molecule has 2 nitrogen and oxygen atoms in total. The number of halogens is 2. The van der Waals surface area contributed by atoms with Crippen molar-refractivity contribution in [3.8, 4) is 5.75 Å². The van der Waals surface area contributed by atoms with Crippen LogP contribution >= 0.6 is 0 Å². The van der Waals surface area contributed by atoms with E-state index < -0.39 is 6.61 Å². The van der Waals surface area contributed by atoms with Crippen LogP contribution in [0.3, 0.4) is 0 Å². The second kappa shape index (κ2) is 4.91. The standard InChI is InChI=1S/C13H10F2O2/c14-13(15)17-12-3-1-2-10-8-9(6-7-16)4-5-11(10)12/h1-5,7-8,13H,6H2. The minimum atomic E-state index is -2.84. The minimum Gasteiger partial charge on any atom is -0.434 e. The van der Waals surface area contributed by atoms with E-state index >= 15 is 0 Å². The largest absolute Gasteiger partial charge is 0.434 e. The highest BCUT2D eigenvalue weighted by Crippen LogP contribution is 2.27. The van der Waals surface area contributed by atoms with Gasteiger partial charge in [-0.15, -0.1) is 0 Å². The van der Waals surface area contributed by atoms with Gasteiger partial charge in [0.05, 0.1) is 0 Å². The van der Waals surface area contributed by atoms with Crippen molar-refractivity contribution in [1.29, 1.82) is 0 Å². The molecule has 0 bridgehead atoms. The summed E-state index contributed by atoms with van der Waals surface area (Å²) < 4.78 is 28.8. The van der Waals surface area contributed by atoms with Crippen LogP contribution in [-0.4, -0.2) is 12.9 Å². The van der Waals surface area contributed by atoms with Gasteiger partial charge in [0.25, 0.3) is 0 Å². The van der Waals surface area contributed by atoms with Crippen LogP contribution in [0.1, 0.15) is 5.56 Å². The van der Waals surface area contributed by atoms with Gasteiger partial charge in [-0.3, -0.25) is 0 Å². The van der Waals surface area contributed by atoms with E-state index in [9.17, 15) is 13.6 Å². The van der Waals surface area contributed by atoms with Crippen LogP contribution in [0.5, 0.6) is 5.75 Å². The number of hydrogen-bond acceptors (Lipinski definition) is 2. The Kier molecular flexibility index (Phi) is 3.32. The molecule has 0 saturated heterocycles. The van der Waals surface area contributed by atoms with Crippen molar-refractivity contribution in [3.05, 3.63) is 42.0 Å². The van der Waals surface area contributed by atoms with E-state index in [4.69, 9.17) is 0 Å². The van der Waals surface area contributed by atoms with Gasteiger partial charge in [-0.05, 0) is 17.0 Å². The van der Waals surface area contributed by atoms with Gasteiger partial charge < -0.3 is 9.53 Å².